The van der Waals surface area contributed by atoms with Crippen LogP contribution in [0.3, 0.4) is 0 Å². The molecule has 0 unspecified atom stereocenters. The maximum Gasteiger partial charge on any atom is -0.0303 e. The first-order valence-corrected chi connectivity index (χ1v) is 6.46. The Bertz CT molecular complexity index is 104. The highest BCUT2D eigenvalue weighted by molar-refractivity contribution is 4.89. The molecule has 0 aromatic heterocycles. The van der Waals surface area contributed by atoms with Gasteiger partial charge in [0, 0.05) is 0 Å². The van der Waals surface area contributed by atoms with Gasteiger partial charge in [0.1, 0.15) is 0 Å². The molecule has 0 spiro atoms. The quantitative estimate of drug-likeness (QED) is 0.424. The number of hydrogen-bond donors (Lipinski definition) is 0. The largest absolute Gasteiger partial charge is 0.0776 e. The van der Waals surface area contributed by atoms with Crippen LogP contribution in [0.1, 0.15) is 95.9 Å². The van der Waals surface area contributed by atoms with Crippen LogP contribution < -0.4 is 0 Å². The van der Waals surface area contributed by atoms with E-state index in [9.17, 15) is 0 Å². The van der Waals surface area contributed by atoms with Crippen LogP contribution in [0.5, 0.6) is 0 Å². The molecule has 0 bridgehead atoms. The molecular formula is C16H40. The molecule has 0 heteroatoms. The summed E-state index contributed by atoms with van der Waals surface area (Å²) in [4.78, 5) is 0. The molecule has 0 heterocycles. The van der Waals surface area contributed by atoms with Gasteiger partial charge in [0.15, 0.2) is 0 Å². The van der Waals surface area contributed by atoms with Crippen molar-refractivity contribution >= 4 is 0 Å². The third kappa shape index (κ3) is 7.30. The van der Waals surface area contributed by atoms with E-state index >= 15 is 0 Å². The zero-order valence-electron chi connectivity index (χ0n) is 11.8. The van der Waals surface area contributed by atoms with E-state index in [0.717, 1.165) is 0 Å². The Morgan fingerprint density at radius 3 is 0.875 bits per heavy atom. The van der Waals surface area contributed by atoms with Crippen LogP contribution in [-0.4, -0.2) is 0 Å². The number of rotatable bonds is 0. The van der Waals surface area contributed by atoms with Gasteiger partial charge in [-0.2, -0.15) is 0 Å². The van der Waals surface area contributed by atoms with Crippen molar-refractivity contribution in [2.75, 3.05) is 0 Å². The van der Waals surface area contributed by atoms with Crippen molar-refractivity contribution in [3.8, 4) is 0 Å². The summed E-state index contributed by atoms with van der Waals surface area (Å²) in [5.74, 6) is 0. The lowest BCUT2D eigenvalue weighted by Gasteiger charge is -2.45. The van der Waals surface area contributed by atoms with Gasteiger partial charge in [-0.1, -0.05) is 83.1 Å². The second kappa shape index (κ2) is 11.5. The highest BCUT2D eigenvalue weighted by Gasteiger charge is 2.38. The standard InChI is InChI=1S/C10H20.2C2H6.2CH4/c1-9(2)7-5-6-8-10(9,3)4;2*1-2;;/h5-8H2,1-4H3;2*1-2H3;2*1H4. The SMILES string of the molecule is C.C.CC.CC.CC1(C)CCCCC1(C)C. The molecule has 0 aromatic carbocycles. The topological polar surface area (TPSA) is 0 Å². The molecule has 0 amide bonds. The van der Waals surface area contributed by atoms with Crippen LogP contribution in [0, 0.1) is 10.8 Å². The predicted molar refractivity (Wildman–Crippen MR) is 82.2 cm³/mol. The highest BCUT2D eigenvalue weighted by atomic mass is 14.4. The fourth-order valence-corrected chi connectivity index (χ4v) is 1.81. The summed E-state index contributed by atoms with van der Waals surface area (Å²) in [6.45, 7) is 17.6. The van der Waals surface area contributed by atoms with Crippen molar-refractivity contribution in [1.82, 2.24) is 0 Å². The molecule has 16 heavy (non-hydrogen) atoms. The Morgan fingerprint density at radius 1 is 0.562 bits per heavy atom. The molecule has 0 aliphatic heterocycles. The van der Waals surface area contributed by atoms with Gasteiger partial charge in [0.05, 0.1) is 0 Å². The van der Waals surface area contributed by atoms with Crippen molar-refractivity contribution in [1.29, 1.82) is 0 Å². The summed E-state index contributed by atoms with van der Waals surface area (Å²) in [6, 6.07) is 0. The molecule has 0 aromatic rings. The van der Waals surface area contributed by atoms with Gasteiger partial charge in [-0.3, -0.25) is 0 Å². The zero-order valence-corrected chi connectivity index (χ0v) is 11.8. The molecule has 1 fully saturated rings. The fraction of sp³-hybridized carbons (Fsp3) is 1.00. The van der Waals surface area contributed by atoms with Gasteiger partial charge in [0.2, 0.25) is 0 Å². The predicted octanol–water partition coefficient (Wildman–Crippen LogP) is 6.94. The monoisotopic (exact) mass is 232 g/mol. The molecule has 1 rings (SSSR count). The second-order valence-electron chi connectivity index (χ2n) is 4.97. The Kier molecular flexibility index (Phi) is 17.9. The molecular weight excluding hydrogens is 192 g/mol. The molecule has 0 N–H and O–H groups in total. The maximum atomic E-state index is 2.41. The molecule has 1 aliphatic rings. The van der Waals surface area contributed by atoms with E-state index in [4.69, 9.17) is 0 Å². The third-order valence-electron chi connectivity index (χ3n) is 3.69. The lowest BCUT2D eigenvalue weighted by atomic mass is 9.60. The maximum absolute atomic E-state index is 2.41. The minimum Gasteiger partial charge on any atom is -0.0776 e. The summed E-state index contributed by atoms with van der Waals surface area (Å²) in [5, 5.41) is 0. The average Bonchev–Trinajstić information content (AvgIpc) is 2.17. The van der Waals surface area contributed by atoms with Gasteiger partial charge in [-0.25, -0.2) is 0 Å². The smallest absolute Gasteiger partial charge is 0.0303 e. The minimum absolute atomic E-state index is 0. The molecule has 104 valence electrons. The fourth-order valence-electron chi connectivity index (χ4n) is 1.81. The zero-order chi connectivity index (χ0) is 11.8. The van der Waals surface area contributed by atoms with Gasteiger partial charge in [0.25, 0.3) is 0 Å². The van der Waals surface area contributed by atoms with Crippen LogP contribution in [0.4, 0.5) is 0 Å². The summed E-state index contributed by atoms with van der Waals surface area (Å²) in [6.07, 6.45) is 5.72. The Morgan fingerprint density at radius 2 is 0.750 bits per heavy atom. The molecule has 0 nitrogen and oxygen atoms in total. The summed E-state index contributed by atoms with van der Waals surface area (Å²) in [7, 11) is 0. The van der Waals surface area contributed by atoms with E-state index in [0.29, 0.717) is 10.8 Å². The first kappa shape index (κ1) is 25.0. The molecule has 0 atom stereocenters. The first-order chi connectivity index (χ1) is 6.46. The Labute approximate surface area is 107 Å². The highest BCUT2D eigenvalue weighted by Crippen LogP contribution is 2.49. The number of hydrogen-bond acceptors (Lipinski definition) is 0. The van der Waals surface area contributed by atoms with E-state index < -0.39 is 0 Å². The van der Waals surface area contributed by atoms with E-state index in [1.165, 1.54) is 25.7 Å². The van der Waals surface area contributed by atoms with Crippen molar-refractivity contribution in [3.05, 3.63) is 0 Å². The molecule has 1 saturated carbocycles. The van der Waals surface area contributed by atoms with Crippen molar-refractivity contribution in [2.24, 2.45) is 10.8 Å². The normalized spacial score (nSPS) is 19.5. The molecule has 0 saturated heterocycles. The van der Waals surface area contributed by atoms with Crippen molar-refractivity contribution < 1.29 is 0 Å². The Balaban J connectivity index is -0.000000109. The second-order valence-corrected chi connectivity index (χ2v) is 4.97. The third-order valence-corrected chi connectivity index (χ3v) is 3.69. The summed E-state index contributed by atoms with van der Waals surface area (Å²) in [5.41, 5.74) is 1.15. The summed E-state index contributed by atoms with van der Waals surface area (Å²) >= 11 is 0. The van der Waals surface area contributed by atoms with Crippen LogP contribution in [0.25, 0.3) is 0 Å². The van der Waals surface area contributed by atoms with Gasteiger partial charge < -0.3 is 0 Å². The van der Waals surface area contributed by atoms with E-state index in [1.807, 2.05) is 27.7 Å². The molecule has 1 aliphatic carbocycles. The summed E-state index contributed by atoms with van der Waals surface area (Å²) < 4.78 is 0. The van der Waals surface area contributed by atoms with Crippen molar-refractivity contribution in [3.63, 3.8) is 0 Å². The minimum atomic E-state index is 0. The van der Waals surface area contributed by atoms with E-state index in [2.05, 4.69) is 27.7 Å². The van der Waals surface area contributed by atoms with Gasteiger partial charge in [-0.05, 0) is 23.7 Å². The van der Waals surface area contributed by atoms with Crippen LogP contribution in [-0.2, 0) is 0 Å². The average molecular weight is 232 g/mol. The van der Waals surface area contributed by atoms with E-state index in [-0.39, 0.29) is 14.9 Å². The van der Waals surface area contributed by atoms with Crippen LogP contribution in [0.2, 0.25) is 0 Å². The first-order valence-electron chi connectivity index (χ1n) is 6.46. The van der Waals surface area contributed by atoms with Crippen LogP contribution >= 0.6 is 0 Å². The lowest BCUT2D eigenvalue weighted by Crippen LogP contribution is -2.35. The van der Waals surface area contributed by atoms with Gasteiger partial charge in [-0.15, -0.1) is 0 Å². The van der Waals surface area contributed by atoms with Crippen molar-refractivity contribution in [2.45, 2.75) is 95.9 Å². The lowest BCUT2D eigenvalue weighted by molar-refractivity contribution is 0.0520. The Hall–Kier alpha value is 0. The van der Waals surface area contributed by atoms with E-state index in [1.54, 1.807) is 0 Å². The van der Waals surface area contributed by atoms with Crippen LogP contribution in [0.15, 0.2) is 0 Å². The van der Waals surface area contributed by atoms with Gasteiger partial charge >= 0.3 is 0 Å². The molecule has 0 radical (unpaired) electrons.